The third-order valence-corrected chi connectivity index (χ3v) is 2.00. The second kappa shape index (κ2) is 2.12. The van der Waals surface area contributed by atoms with Gasteiger partial charge in [-0.3, -0.25) is 0 Å². The second-order valence-electron chi connectivity index (χ2n) is 2.83. The predicted molar refractivity (Wildman–Crippen MR) is 44.8 cm³/mol. The SMILES string of the molecule is Cc1cc2cccc-2oc1C. The van der Waals surface area contributed by atoms with E-state index in [1.807, 2.05) is 19.1 Å². The lowest BCUT2D eigenvalue weighted by Gasteiger charge is -2.03. The Morgan fingerprint density at radius 2 is 2.00 bits per heavy atom. The normalized spacial score (nSPS) is 10.7. The third-order valence-electron chi connectivity index (χ3n) is 2.00. The van der Waals surface area contributed by atoms with Crippen LogP contribution in [0.3, 0.4) is 0 Å². The Hall–Kier alpha value is -1.24. The molecule has 0 aromatic heterocycles. The molecule has 0 saturated heterocycles. The molecule has 1 aliphatic heterocycles. The number of rotatable bonds is 0. The van der Waals surface area contributed by atoms with Crippen molar-refractivity contribution in [3.8, 4) is 11.3 Å². The van der Waals surface area contributed by atoms with Crippen LogP contribution in [0, 0.1) is 13.8 Å². The van der Waals surface area contributed by atoms with Crippen molar-refractivity contribution in [1.82, 2.24) is 0 Å². The highest BCUT2D eigenvalue weighted by Crippen LogP contribution is 2.25. The van der Waals surface area contributed by atoms with E-state index in [1.54, 1.807) is 0 Å². The fraction of sp³-hybridized carbons (Fsp3) is 0.200. The minimum atomic E-state index is 0.980. The Morgan fingerprint density at radius 1 is 1.18 bits per heavy atom. The highest BCUT2D eigenvalue weighted by molar-refractivity contribution is 5.61. The minimum absolute atomic E-state index is 0.980. The maximum atomic E-state index is 5.53. The molecule has 0 N–H and O–H groups in total. The van der Waals surface area contributed by atoms with Gasteiger partial charge in [0.25, 0.3) is 0 Å². The van der Waals surface area contributed by atoms with Crippen molar-refractivity contribution in [2.75, 3.05) is 0 Å². The lowest BCUT2D eigenvalue weighted by molar-refractivity contribution is 0.527. The van der Waals surface area contributed by atoms with E-state index in [1.165, 1.54) is 11.1 Å². The zero-order valence-corrected chi connectivity index (χ0v) is 6.72. The molecule has 0 amide bonds. The summed E-state index contributed by atoms with van der Waals surface area (Å²) in [7, 11) is 0. The molecule has 0 radical (unpaired) electrons. The van der Waals surface area contributed by atoms with Crippen LogP contribution in [-0.2, 0) is 0 Å². The number of aryl methyl sites for hydroxylation is 2. The summed E-state index contributed by atoms with van der Waals surface area (Å²) < 4.78 is 5.53. The van der Waals surface area contributed by atoms with E-state index in [0.717, 1.165) is 11.5 Å². The maximum absolute atomic E-state index is 5.53. The van der Waals surface area contributed by atoms with E-state index in [9.17, 15) is 0 Å². The van der Waals surface area contributed by atoms with Crippen molar-refractivity contribution in [1.29, 1.82) is 0 Å². The van der Waals surface area contributed by atoms with Gasteiger partial charge in [-0.05, 0) is 31.5 Å². The van der Waals surface area contributed by atoms with Crippen LogP contribution in [0.2, 0.25) is 0 Å². The van der Waals surface area contributed by atoms with Crippen molar-refractivity contribution in [2.24, 2.45) is 0 Å². The molecule has 0 unspecified atom stereocenters. The van der Waals surface area contributed by atoms with Gasteiger partial charge in [0.2, 0.25) is 0 Å². The Labute approximate surface area is 66.0 Å². The molecule has 0 saturated carbocycles. The van der Waals surface area contributed by atoms with Crippen LogP contribution in [0.25, 0.3) is 11.3 Å². The fourth-order valence-corrected chi connectivity index (χ4v) is 1.21. The molecule has 1 heteroatoms. The number of hydrogen-bond donors (Lipinski definition) is 0. The van der Waals surface area contributed by atoms with E-state index in [0.29, 0.717) is 0 Å². The van der Waals surface area contributed by atoms with Crippen molar-refractivity contribution in [2.45, 2.75) is 13.8 Å². The van der Waals surface area contributed by atoms with E-state index >= 15 is 0 Å². The van der Waals surface area contributed by atoms with Crippen LogP contribution < -0.4 is 0 Å². The molecule has 0 aromatic rings. The summed E-state index contributed by atoms with van der Waals surface area (Å²) in [4.78, 5) is 0. The molecule has 56 valence electrons. The lowest BCUT2D eigenvalue weighted by atomic mass is 10.2. The summed E-state index contributed by atoms with van der Waals surface area (Å²) in [5.41, 5.74) is 2.40. The first-order valence-electron chi connectivity index (χ1n) is 3.73. The smallest absolute Gasteiger partial charge is 0.134 e. The van der Waals surface area contributed by atoms with Gasteiger partial charge in [-0.2, -0.15) is 0 Å². The Morgan fingerprint density at radius 3 is 2.82 bits per heavy atom. The van der Waals surface area contributed by atoms with Crippen LogP contribution in [0.4, 0.5) is 0 Å². The zero-order chi connectivity index (χ0) is 7.84. The molecule has 1 heterocycles. The maximum Gasteiger partial charge on any atom is 0.134 e. The summed E-state index contributed by atoms with van der Waals surface area (Å²) in [6.07, 6.45) is 0. The lowest BCUT2D eigenvalue weighted by Crippen LogP contribution is -1.82. The van der Waals surface area contributed by atoms with Gasteiger partial charge in [-0.15, -0.1) is 0 Å². The molecule has 1 aliphatic carbocycles. The van der Waals surface area contributed by atoms with Crippen LogP contribution >= 0.6 is 0 Å². The van der Waals surface area contributed by atoms with E-state index in [-0.39, 0.29) is 0 Å². The molecule has 0 aromatic carbocycles. The highest BCUT2D eigenvalue weighted by atomic mass is 16.3. The first kappa shape index (κ1) is 6.47. The molecule has 0 fully saturated rings. The largest absolute Gasteiger partial charge is 0.461 e. The van der Waals surface area contributed by atoms with Crippen LogP contribution in [0.15, 0.2) is 28.7 Å². The molecule has 0 bridgehead atoms. The summed E-state index contributed by atoms with van der Waals surface area (Å²) in [5, 5.41) is 0. The Kier molecular flexibility index (Phi) is 1.25. The second-order valence-corrected chi connectivity index (χ2v) is 2.83. The average Bonchev–Trinajstić information content (AvgIpc) is 2.36. The Balaban J connectivity index is 2.77. The van der Waals surface area contributed by atoms with Gasteiger partial charge >= 0.3 is 0 Å². The first-order valence-corrected chi connectivity index (χ1v) is 3.73. The molecule has 2 aliphatic rings. The Bertz CT molecular complexity index is 313. The molecule has 2 rings (SSSR count). The van der Waals surface area contributed by atoms with Crippen LogP contribution in [0.1, 0.15) is 11.3 Å². The zero-order valence-electron chi connectivity index (χ0n) is 6.72. The highest BCUT2D eigenvalue weighted by Gasteiger charge is 2.05. The quantitative estimate of drug-likeness (QED) is 0.556. The van der Waals surface area contributed by atoms with Gasteiger partial charge in [-0.25, -0.2) is 0 Å². The van der Waals surface area contributed by atoms with Crippen molar-refractivity contribution >= 4 is 0 Å². The number of fused-ring (bicyclic) bond motifs is 1. The monoisotopic (exact) mass is 146 g/mol. The summed E-state index contributed by atoms with van der Waals surface area (Å²) in [5.74, 6) is 1.98. The third kappa shape index (κ3) is 0.929. The summed E-state index contributed by atoms with van der Waals surface area (Å²) >= 11 is 0. The van der Waals surface area contributed by atoms with E-state index in [4.69, 9.17) is 4.42 Å². The topological polar surface area (TPSA) is 13.1 Å². The van der Waals surface area contributed by atoms with Gasteiger partial charge in [0.15, 0.2) is 0 Å². The average molecular weight is 146 g/mol. The molecule has 11 heavy (non-hydrogen) atoms. The van der Waals surface area contributed by atoms with Gasteiger partial charge in [0.05, 0.1) is 0 Å². The molecule has 0 atom stereocenters. The van der Waals surface area contributed by atoms with Gasteiger partial charge in [0.1, 0.15) is 11.5 Å². The van der Waals surface area contributed by atoms with Gasteiger partial charge in [-0.1, -0.05) is 12.1 Å². The number of hydrogen-bond acceptors (Lipinski definition) is 1. The molecular weight excluding hydrogens is 136 g/mol. The molecule has 0 spiro atoms. The minimum Gasteiger partial charge on any atom is -0.461 e. The van der Waals surface area contributed by atoms with Crippen molar-refractivity contribution in [3.05, 3.63) is 35.6 Å². The van der Waals surface area contributed by atoms with Crippen molar-refractivity contribution in [3.63, 3.8) is 0 Å². The van der Waals surface area contributed by atoms with Gasteiger partial charge < -0.3 is 4.42 Å². The van der Waals surface area contributed by atoms with Crippen molar-refractivity contribution < 1.29 is 4.42 Å². The standard InChI is InChI=1S/C10H10O/c1-7-6-9-4-3-5-10(9)11-8(7)2/h3-6H,1-2H3. The molecule has 1 nitrogen and oxygen atoms in total. The fourth-order valence-electron chi connectivity index (χ4n) is 1.21. The van der Waals surface area contributed by atoms with Crippen LogP contribution in [0.5, 0.6) is 0 Å². The predicted octanol–water partition coefficient (Wildman–Crippen LogP) is 3.00. The first-order chi connectivity index (χ1) is 5.27. The van der Waals surface area contributed by atoms with E-state index < -0.39 is 0 Å². The summed E-state index contributed by atoms with van der Waals surface area (Å²) in [6.45, 7) is 4.05. The van der Waals surface area contributed by atoms with Gasteiger partial charge in [0, 0.05) is 5.56 Å². The van der Waals surface area contributed by atoms with Crippen LogP contribution in [-0.4, -0.2) is 0 Å². The van der Waals surface area contributed by atoms with E-state index in [2.05, 4.69) is 19.1 Å². The molecular formula is C10H10O. The summed E-state index contributed by atoms with van der Waals surface area (Å²) in [6, 6.07) is 8.20.